The van der Waals surface area contributed by atoms with Gasteiger partial charge in [0.15, 0.2) is 0 Å². The molecule has 1 aliphatic carbocycles. The van der Waals surface area contributed by atoms with E-state index >= 15 is 0 Å². The van der Waals surface area contributed by atoms with Gasteiger partial charge in [0.2, 0.25) is 5.91 Å². The largest absolute Gasteiger partial charge is 0.274 e. The van der Waals surface area contributed by atoms with Crippen LogP contribution < -0.4 is 4.72 Å². The van der Waals surface area contributed by atoms with Gasteiger partial charge >= 0.3 is 0 Å². The molecule has 0 unspecified atom stereocenters. The van der Waals surface area contributed by atoms with Crippen LogP contribution >= 0.6 is 11.6 Å². The van der Waals surface area contributed by atoms with Gasteiger partial charge in [-0.05, 0) is 31.7 Å². The second kappa shape index (κ2) is 6.37. The first-order chi connectivity index (χ1) is 9.47. The molecule has 0 saturated heterocycles. The fourth-order valence-electron chi connectivity index (χ4n) is 2.06. The molecule has 20 heavy (non-hydrogen) atoms. The van der Waals surface area contributed by atoms with Gasteiger partial charge in [-0.25, -0.2) is 13.1 Å². The molecular formula is C13H15ClN2O3S. The zero-order valence-corrected chi connectivity index (χ0v) is 12.4. The van der Waals surface area contributed by atoms with Crippen molar-refractivity contribution in [3.63, 3.8) is 0 Å². The van der Waals surface area contributed by atoms with E-state index in [2.05, 4.69) is 4.98 Å². The first-order valence-corrected chi connectivity index (χ1v) is 8.17. The molecule has 7 heteroatoms. The molecule has 0 atom stereocenters. The van der Waals surface area contributed by atoms with Crippen LogP contribution in [0.5, 0.6) is 0 Å². The second-order valence-corrected chi connectivity index (χ2v) is 6.77. The van der Waals surface area contributed by atoms with Crippen LogP contribution in [-0.2, 0) is 14.8 Å². The Kier molecular flexibility index (Phi) is 4.77. The first-order valence-electron chi connectivity index (χ1n) is 6.31. The number of halogens is 1. The predicted molar refractivity (Wildman–Crippen MR) is 75.7 cm³/mol. The third-order valence-electron chi connectivity index (χ3n) is 3.01. The normalized spacial score (nSPS) is 15.6. The Balaban J connectivity index is 2.04. The van der Waals surface area contributed by atoms with Gasteiger partial charge < -0.3 is 0 Å². The van der Waals surface area contributed by atoms with Gasteiger partial charge in [0.05, 0.1) is 5.02 Å². The Morgan fingerprint density at radius 2 is 2.15 bits per heavy atom. The number of aromatic nitrogens is 1. The minimum absolute atomic E-state index is 0.115. The molecule has 0 aromatic carbocycles. The number of pyridine rings is 1. The maximum absolute atomic E-state index is 12.0. The van der Waals surface area contributed by atoms with Crippen LogP contribution in [0.15, 0.2) is 35.0 Å². The Labute approximate surface area is 123 Å². The lowest BCUT2D eigenvalue weighted by Crippen LogP contribution is -2.30. The summed E-state index contributed by atoms with van der Waals surface area (Å²) < 4.78 is 26.0. The maximum atomic E-state index is 12.0. The Hall–Kier alpha value is -1.40. The van der Waals surface area contributed by atoms with Gasteiger partial charge in [0.1, 0.15) is 4.90 Å². The number of nitrogens with one attached hydrogen (secondary N) is 1. The van der Waals surface area contributed by atoms with Crippen LogP contribution in [-0.4, -0.2) is 19.3 Å². The lowest BCUT2D eigenvalue weighted by atomic mass is 9.97. The van der Waals surface area contributed by atoms with E-state index in [1.807, 2.05) is 10.8 Å². The highest BCUT2D eigenvalue weighted by Gasteiger charge is 2.19. The summed E-state index contributed by atoms with van der Waals surface area (Å²) in [6.07, 6.45) is 8.59. The van der Waals surface area contributed by atoms with Gasteiger partial charge in [-0.3, -0.25) is 9.78 Å². The number of allylic oxidation sites excluding steroid dienone is 1. The number of carbonyl (C=O) groups excluding carboxylic acids is 1. The number of carbonyl (C=O) groups is 1. The monoisotopic (exact) mass is 314 g/mol. The highest BCUT2D eigenvalue weighted by atomic mass is 35.5. The van der Waals surface area contributed by atoms with Crippen molar-refractivity contribution in [3.05, 3.63) is 35.1 Å². The Morgan fingerprint density at radius 1 is 1.35 bits per heavy atom. The van der Waals surface area contributed by atoms with Crippen LogP contribution in [0.1, 0.15) is 32.1 Å². The summed E-state index contributed by atoms with van der Waals surface area (Å²) in [5.74, 6) is -0.530. The summed E-state index contributed by atoms with van der Waals surface area (Å²) in [4.78, 5) is 15.4. The van der Waals surface area contributed by atoms with Crippen molar-refractivity contribution in [3.8, 4) is 0 Å². The van der Waals surface area contributed by atoms with Crippen LogP contribution in [0.4, 0.5) is 0 Å². The number of hydrogen-bond donors (Lipinski definition) is 1. The summed E-state index contributed by atoms with van der Waals surface area (Å²) in [5, 5.41) is 0.204. The van der Waals surface area contributed by atoms with E-state index < -0.39 is 15.9 Å². The third kappa shape index (κ3) is 4.05. The smallest absolute Gasteiger partial charge is 0.265 e. The number of rotatable bonds is 4. The maximum Gasteiger partial charge on any atom is 0.265 e. The van der Waals surface area contributed by atoms with Crippen molar-refractivity contribution < 1.29 is 13.2 Å². The van der Waals surface area contributed by atoms with E-state index in [0.717, 1.165) is 37.5 Å². The molecule has 1 aromatic heterocycles. The lowest BCUT2D eigenvalue weighted by molar-refractivity contribution is -0.118. The quantitative estimate of drug-likeness (QED) is 0.866. The fraction of sp³-hybridized carbons (Fsp3) is 0.385. The Morgan fingerprint density at radius 3 is 2.80 bits per heavy atom. The highest BCUT2D eigenvalue weighted by Crippen LogP contribution is 2.20. The first kappa shape index (κ1) is 15.0. The van der Waals surface area contributed by atoms with Gasteiger partial charge in [-0.2, -0.15) is 0 Å². The zero-order valence-electron chi connectivity index (χ0n) is 10.8. The fourth-order valence-corrected chi connectivity index (χ4v) is 3.27. The molecule has 0 aliphatic heterocycles. The van der Waals surface area contributed by atoms with E-state index in [-0.39, 0.29) is 16.3 Å². The van der Waals surface area contributed by atoms with Crippen LogP contribution in [0.2, 0.25) is 5.02 Å². The van der Waals surface area contributed by atoms with E-state index in [1.54, 1.807) is 0 Å². The minimum Gasteiger partial charge on any atom is -0.274 e. The summed E-state index contributed by atoms with van der Waals surface area (Å²) in [5.41, 5.74) is 0.994. The number of amides is 1. The zero-order chi connectivity index (χ0) is 14.6. The summed E-state index contributed by atoms with van der Waals surface area (Å²) in [6, 6.07) is 1.25. The van der Waals surface area contributed by atoms with E-state index in [9.17, 15) is 13.2 Å². The average Bonchev–Trinajstić information content (AvgIpc) is 2.39. The average molecular weight is 315 g/mol. The SMILES string of the molecule is O=C(CC1=CCCCC1)NS(=O)(=O)c1cncc(Cl)c1. The predicted octanol–water partition coefficient (Wildman–Crippen LogP) is 2.43. The van der Waals surface area contributed by atoms with Gasteiger partial charge in [0, 0.05) is 18.8 Å². The van der Waals surface area contributed by atoms with Crippen LogP contribution in [0.3, 0.4) is 0 Å². The molecule has 1 aliphatic rings. The van der Waals surface area contributed by atoms with E-state index in [1.165, 1.54) is 12.3 Å². The molecule has 0 spiro atoms. The Bertz CT molecular complexity index is 641. The van der Waals surface area contributed by atoms with Crippen molar-refractivity contribution >= 4 is 27.5 Å². The van der Waals surface area contributed by atoms with E-state index in [4.69, 9.17) is 11.6 Å². The molecule has 1 heterocycles. The molecule has 0 saturated carbocycles. The molecule has 1 amide bonds. The van der Waals surface area contributed by atoms with Gasteiger partial charge in [-0.1, -0.05) is 23.3 Å². The number of hydrogen-bond acceptors (Lipinski definition) is 4. The summed E-state index contributed by atoms with van der Waals surface area (Å²) in [6.45, 7) is 0. The molecule has 0 fully saturated rings. The summed E-state index contributed by atoms with van der Waals surface area (Å²) in [7, 11) is -3.91. The molecule has 5 nitrogen and oxygen atoms in total. The number of nitrogens with zero attached hydrogens (tertiary/aromatic N) is 1. The van der Waals surface area contributed by atoms with Crippen molar-refractivity contribution in [2.75, 3.05) is 0 Å². The molecule has 1 N–H and O–H groups in total. The molecule has 0 bridgehead atoms. The minimum atomic E-state index is -3.91. The second-order valence-electron chi connectivity index (χ2n) is 4.65. The van der Waals surface area contributed by atoms with Gasteiger partial charge in [0.25, 0.3) is 10.0 Å². The van der Waals surface area contributed by atoms with E-state index in [0.29, 0.717) is 0 Å². The third-order valence-corrected chi connectivity index (χ3v) is 4.56. The van der Waals surface area contributed by atoms with Crippen molar-refractivity contribution in [2.45, 2.75) is 37.0 Å². The highest BCUT2D eigenvalue weighted by molar-refractivity contribution is 7.90. The molecule has 0 radical (unpaired) electrons. The van der Waals surface area contributed by atoms with Crippen LogP contribution in [0.25, 0.3) is 0 Å². The topological polar surface area (TPSA) is 76.1 Å². The van der Waals surface area contributed by atoms with Crippen molar-refractivity contribution in [1.82, 2.24) is 9.71 Å². The molecule has 1 aromatic rings. The molecular weight excluding hydrogens is 300 g/mol. The van der Waals surface area contributed by atoms with Crippen LogP contribution in [0, 0.1) is 0 Å². The standard InChI is InChI=1S/C13H15ClN2O3S/c14-11-7-12(9-15-8-11)20(18,19)16-13(17)6-10-4-2-1-3-5-10/h4,7-9H,1-3,5-6H2,(H,16,17). The molecule has 2 rings (SSSR count). The van der Waals surface area contributed by atoms with Crippen molar-refractivity contribution in [2.24, 2.45) is 0 Å². The lowest BCUT2D eigenvalue weighted by Gasteiger charge is -2.12. The summed E-state index contributed by atoms with van der Waals surface area (Å²) >= 11 is 5.69. The number of sulfonamides is 1. The van der Waals surface area contributed by atoms with Crippen molar-refractivity contribution in [1.29, 1.82) is 0 Å². The molecule has 108 valence electrons. The van der Waals surface area contributed by atoms with Gasteiger partial charge in [-0.15, -0.1) is 0 Å².